The number of aryl methyl sites for hydroxylation is 1. The number of nitrogens with one attached hydrogen (secondary N) is 1. The second kappa shape index (κ2) is 8.90. The molecule has 2 atom stereocenters. The van der Waals surface area contributed by atoms with Crippen LogP contribution in [0.3, 0.4) is 0 Å². The molecule has 0 unspecified atom stereocenters. The number of hydrogen-bond acceptors (Lipinski definition) is 2. The van der Waals surface area contributed by atoms with E-state index in [1.807, 2.05) is 36.5 Å². The van der Waals surface area contributed by atoms with Crippen molar-refractivity contribution in [3.8, 4) is 5.69 Å². The number of nitrogens with zero attached hydrogens (tertiary/aromatic N) is 3. The molecular weight excluding hydrogens is 460 g/mol. The van der Waals surface area contributed by atoms with Gasteiger partial charge in [0.15, 0.2) is 5.11 Å². The van der Waals surface area contributed by atoms with E-state index in [0.717, 1.165) is 22.1 Å². The molecule has 1 aliphatic heterocycles. The summed E-state index contributed by atoms with van der Waals surface area (Å²) in [6.45, 7) is 8.66. The molecule has 1 saturated heterocycles. The van der Waals surface area contributed by atoms with Gasteiger partial charge in [0.1, 0.15) is 0 Å². The number of aromatic nitrogens is 2. The van der Waals surface area contributed by atoms with Gasteiger partial charge < -0.3 is 14.8 Å². The van der Waals surface area contributed by atoms with Gasteiger partial charge >= 0.3 is 0 Å². The van der Waals surface area contributed by atoms with E-state index in [1.165, 1.54) is 28.1 Å². The van der Waals surface area contributed by atoms with Gasteiger partial charge in [0.25, 0.3) is 0 Å². The minimum atomic E-state index is -0.0822. The van der Waals surface area contributed by atoms with E-state index in [0.29, 0.717) is 5.11 Å². The standard InChI is InChI=1S/C28H27ClN4S/c1-17-9-7-11-22(15-17)33-27(26(31-28(33)34)24-13-5-6-14-30-24)25-18(2)19(3)32(20(25)4)23-12-8-10-21(29)16-23/h5-16,26-27H,1-4H3,(H,31,34)/t26-,27+/m1/s1. The predicted octanol–water partition coefficient (Wildman–Crippen LogP) is 6.94. The number of pyridine rings is 1. The molecule has 0 aliphatic carbocycles. The summed E-state index contributed by atoms with van der Waals surface area (Å²) in [5.74, 6) is 0. The van der Waals surface area contributed by atoms with Crippen LogP contribution in [0.2, 0.25) is 5.02 Å². The van der Waals surface area contributed by atoms with E-state index < -0.39 is 0 Å². The maximum atomic E-state index is 6.36. The lowest BCUT2D eigenvalue weighted by atomic mass is 9.93. The van der Waals surface area contributed by atoms with Crippen LogP contribution in [0, 0.1) is 27.7 Å². The van der Waals surface area contributed by atoms with Gasteiger partial charge in [0.2, 0.25) is 0 Å². The van der Waals surface area contributed by atoms with Gasteiger partial charge in [0.05, 0.1) is 17.8 Å². The number of rotatable bonds is 4. The van der Waals surface area contributed by atoms with Crippen LogP contribution >= 0.6 is 23.8 Å². The molecule has 0 radical (unpaired) electrons. The molecule has 3 heterocycles. The van der Waals surface area contributed by atoms with Crippen LogP contribution in [0.1, 0.15) is 45.9 Å². The summed E-state index contributed by atoms with van der Waals surface area (Å²) in [6, 6.07) is 22.4. The fourth-order valence-electron chi connectivity index (χ4n) is 5.15. The van der Waals surface area contributed by atoms with E-state index >= 15 is 0 Å². The summed E-state index contributed by atoms with van der Waals surface area (Å²) >= 11 is 12.3. The molecule has 6 heteroatoms. The maximum absolute atomic E-state index is 6.36. The van der Waals surface area contributed by atoms with Crippen molar-refractivity contribution < 1.29 is 0 Å². The van der Waals surface area contributed by atoms with Crippen LogP contribution in [-0.4, -0.2) is 14.7 Å². The highest BCUT2D eigenvalue weighted by molar-refractivity contribution is 7.80. The average Bonchev–Trinajstić information content (AvgIpc) is 3.27. The zero-order chi connectivity index (χ0) is 24.0. The van der Waals surface area contributed by atoms with Crippen molar-refractivity contribution in [1.82, 2.24) is 14.9 Å². The highest BCUT2D eigenvalue weighted by Gasteiger charge is 2.43. The number of hydrogen-bond donors (Lipinski definition) is 1. The molecule has 1 N–H and O–H groups in total. The molecule has 4 nitrogen and oxygen atoms in total. The van der Waals surface area contributed by atoms with E-state index in [1.54, 1.807) is 0 Å². The second-order valence-corrected chi connectivity index (χ2v) is 9.68. The largest absolute Gasteiger partial charge is 0.351 e. The van der Waals surface area contributed by atoms with E-state index in [2.05, 4.69) is 78.9 Å². The smallest absolute Gasteiger partial charge is 0.174 e. The molecule has 1 fully saturated rings. The topological polar surface area (TPSA) is 33.1 Å². The van der Waals surface area contributed by atoms with Crippen molar-refractivity contribution in [2.75, 3.05) is 4.90 Å². The lowest BCUT2D eigenvalue weighted by Gasteiger charge is -2.29. The van der Waals surface area contributed by atoms with Crippen LogP contribution in [-0.2, 0) is 0 Å². The van der Waals surface area contributed by atoms with Crippen molar-refractivity contribution in [3.05, 3.63) is 112 Å². The summed E-state index contributed by atoms with van der Waals surface area (Å²) in [5.41, 5.74) is 9.16. The van der Waals surface area contributed by atoms with Crippen molar-refractivity contribution >= 4 is 34.6 Å². The van der Waals surface area contributed by atoms with Crippen molar-refractivity contribution in [3.63, 3.8) is 0 Å². The third-order valence-electron chi connectivity index (χ3n) is 6.75. The highest BCUT2D eigenvalue weighted by atomic mass is 35.5. The van der Waals surface area contributed by atoms with Gasteiger partial charge in [-0.3, -0.25) is 4.98 Å². The third kappa shape index (κ3) is 3.79. The monoisotopic (exact) mass is 486 g/mol. The van der Waals surface area contributed by atoms with Crippen molar-refractivity contribution in [2.24, 2.45) is 0 Å². The average molecular weight is 487 g/mol. The third-order valence-corrected chi connectivity index (χ3v) is 7.30. The molecule has 0 saturated carbocycles. The van der Waals surface area contributed by atoms with E-state index in [-0.39, 0.29) is 12.1 Å². The summed E-state index contributed by atoms with van der Waals surface area (Å²) in [4.78, 5) is 6.95. The van der Waals surface area contributed by atoms with Crippen molar-refractivity contribution in [2.45, 2.75) is 39.8 Å². The Labute approximate surface area is 211 Å². The first-order chi connectivity index (χ1) is 16.4. The van der Waals surface area contributed by atoms with Gasteiger partial charge in [-0.05, 0) is 93.5 Å². The second-order valence-electron chi connectivity index (χ2n) is 8.86. The Morgan fingerprint density at radius 2 is 1.65 bits per heavy atom. The van der Waals surface area contributed by atoms with E-state index in [9.17, 15) is 0 Å². The summed E-state index contributed by atoms with van der Waals surface area (Å²) in [7, 11) is 0. The molecule has 4 aromatic rings. The number of anilines is 1. The van der Waals surface area contributed by atoms with E-state index in [4.69, 9.17) is 28.8 Å². The first-order valence-corrected chi connectivity index (χ1v) is 12.2. The van der Waals surface area contributed by atoms with Gasteiger partial charge in [-0.2, -0.15) is 0 Å². The molecule has 2 aromatic carbocycles. The molecule has 172 valence electrons. The summed E-state index contributed by atoms with van der Waals surface area (Å²) < 4.78 is 2.29. The summed E-state index contributed by atoms with van der Waals surface area (Å²) in [5, 5.41) is 5.01. The van der Waals surface area contributed by atoms with Crippen molar-refractivity contribution in [1.29, 1.82) is 0 Å². The first kappa shape index (κ1) is 22.6. The Hall–Kier alpha value is -3.15. The normalized spacial score (nSPS) is 17.8. The molecule has 0 spiro atoms. The fraction of sp³-hybridized carbons (Fsp3) is 0.214. The quantitative estimate of drug-likeness (QED) is 0.317. The zero-order valence-corrected chi connectivity index (χ0v) is 21.3. The minimum Gasteiger partial charge on any atom is -0.351 e. The van der Waals surface area contributed by atoms with Gasteiger partial charge in [-0.1, -0.05) is 35.9 Å². The Balaban J connectivity index is 1.74. The number of thiocarbonyl (C=S) groups is 1. The molecule has 1 aliphatic rings. The number of halogens is 1. The van der Waals surface area contributed by atoms with Gasteiger partial charge in [0, 0.05) is 39.5 Å². The first-order valence-electron chi connectivity index (χ1n) is 11.4. The Kier molecular flexibility index (Phi) is 5.92. The SMILES string of the molecule is Cc1cccc(N2C(=S)N[C@H](c3ccccn3)[C@@H]2c2c(C)c(C)n(-c3cccc(Cl)c3)c2C)c1. The van der Waals surface area contributed by atoms with Gasteiger partial charge in [-0.25, -0.2) is 0 Å². The number of benzene rings is 2. The fourth-order valence-corrected chi connectivity index (χ4v) is 5.68. The Bertz CT molecular complexity index is 1380. The maximum Gasteiger partial charge on any atom is 0.174 e. The molecule has 0 bridgehead atoms. The van der Waals surface area contributed by atoms with Crippen LogP contribution in [0.25, 0.3) is 5.69 Å². The predicted molar refractivity (Wildman–Crippen MR) is 144 cm³/mol. The minimum absolute atomic E-state index is 0.0525. The summed E-state index contributed by atoms with van der Waals surface area (Å²) in [6.07, 6.45) is 1.84. The molecular formula is C28H27ClN4S. The van der Waals surface area contributed by atoms with Gasteiger partial charge in [-0.15, -0.1) is 0 Å². The zero-order valence-electron chi connectivity index (χ0n) is 19.7. The Morgan fingerprint density at radius 1 is 0.882 bits per heavy atom. The van der Waals surface area contributed by atoms with Crippen LogP contribution < -0.4 is 10.2 Å². The van der Waals surface area contributed by atoms with Crippen LogP contribution in [0.4, 0.5) is 5.69 Å². The highest BCUT2D eigenvalue weighted by Crippen LogP contribution is 2.45. The lowest BCUT2D eigenvalue weighted by molar-refractivity contribution is 0.563. The molecule has 0 amide bonds. The Morgan fingerprint density at radius 3 is 2.35 bits per heavy atom. The lowest BCUT2D eigenvalue weighted by Crippen LogP contribution is -2.29. The van der Waals surface area contributed by atoms with Crippen LogP contribution in [0.15, 0.2) is 72.9 Å². The molecule has 5 rings (SSSR count). The van der Waals surface area contributed by atoms with Crippen LogP contribution in [0.5, 0.6) is 0 Å². The molecule has 34 heavy (non-hydrogen) atoms. The molecule has 2 aromatic heterocycles.